The third kappa shape index (κ3) is 3.13. The van der Waals surface area contributed by atoms with Crippen LogP contribution < -0.4 is 5.73 Å². The van der Waals surface area contributed by atoms with Crippen molar-refractivity contribution in [2.45, 2.75) is 19.8 Å². The number of aryl methyl sites for hydroxylation is 1. The molecule has 1 heterocycles. The Morgan fingerprint density at radius 2 is 2.33 bits per heavy atom. The van der Waals surface area contributed by atoms with Crippen molar-refractivity contribution in [2.75, 3.05) is 6.54 Å². The topological polar surface area (TPSA) is 26.0 Å². The number of hydrogen-bond donors (Lipinski definition) is 1. The summed E-state index contributed by atoms with van der Waals surface area (Å²) in [5.41, 5.74) is 5.52. The Bertz CT molecular complexity index is 234. The molecule has 1 rings (SSSR count). The second-order valence-electron chi connectivity index (χ2n) is 3.09. The molecule has 1 aromatic rings. The Hall–Kier alpha value is -0.0500. The first-order chi connectivity index (χ1) is 5.72. The van der Waals surface area contributed by atoms with Gasteiger partial charge in [-0.3, -0.25) is 0 Å². The fourth-order valence-electron chi connectivity index (χ4n) is 0.993. The monoisotopic (exact) mass is 203 g/mol. The molecule has 2 N–H and O–H groups in total. The molecule has 12 heavy (non-hydrogen) atoms. The summed E-state index contributed by atoms with van der Waals surface area (Å²) in [5.74, 6) is 0.617. The molecule has 1 aromatic heterocycles. The lowest BCUT2D eigenvalue weighted by Crippen LogP contribution is -2.10. The normalized spacial score (nSPS) is 13.2. The van der Waals surface area contributed by atoms with E-state index < -0.39 is 0 Å². The molecular weight excluding hydrogens is 190 g/mol. The molecule has 68 valence electrons. The molecule has 1 unspecified atom stereocenters. The zero-order valence-corrected chi connectivity index (χ0v) is 8.79. The molecule has 0 aliphatic rings. The van der Waals surface area contributed by atoms with E-state index in [9.17, 15) is 0 Å². The zero-order valence-electron chi connectivity index (χ0n) is 7.22. The summed E-state index contributed by atoms with van der Waals surface area (Å²) in [6.07, 6.45) is 2.27. The number of thiophene rings is 1. The third-order valence-corrected chi connectivity index (χ3v) is 3.21. The van der Waals surface area contributed by atoms with Gasteiger partial charge in [-0.05, 0) is 37.4 Å². The average molecular weight is 204 g/mol. The van der Waals surface area contributed by atoms with E-state index in [0.29, 0.717) is 5.92 Å². The van der Waals surface area contributed by atoms with Gasteiger partial charge in [0, 0.05) is 4.88 Å². The molecule has 0 radical (unpaired) electrons. The maximum absolute atomic E-state index is 5.80. The van der Waals surface area contributed by atoms with Crippen molar-refractivity contribution in [3.8, 4) is 0 Å². The van der Waals surface area contributed by atoms with Crippen molar-refractivity contribution in [1.29, 1.82) is 0 Å². The van der Waals surface area contributed by atoms with E-state index in [1.165, 1.54) is 4.88 Å². The Morgan fingerprint density at radius 1 is 1.58 bits per heavy atom. The molecule has 0 saturated carbocycles. The van der Waals surface area contributed by atoms with Gasteiger partial charge >= 0.3 is 0 Å². The molecule has 1 nitrogen and oxygen atoms in total. The van der Waals surface area contributed by atoms with Crippen molar-refractivity contribution in [3.63, 3.8) is 0 Å². The zero-order chi connectivity index (χ0) is 8.97. The second kappa shape index (κ2) is 4.85. The van der Waals surface area contributed by atoms with Gasteiger partial charge in [0.2, 0.25) is 0 Å². The summed E-state index contributed by atoms with van der Waals surface area (Å²) >= 11 is 7.47. The highest BCUT2D eigenvalue weighted by Crippen LogP contribution is 2.23. The van der Waals surface area contributed by atoms with Gasteiger partial charge in [0.05, 0.1) is 4.34 Å². The first-order valence-electron chi connectivity index (χ1n) is 4.16. The lowest BCUT2D eigenvalue weighted by atomic mass is 10.1. The molecule has 0 aliphatic heterocycles. The number of hydrogen-bond acceptors (Lipinski definition) is 2. The maximum Gasteiger partial charge on any atom is 0.0931 e. The van der Waals surface area contributed by atoms with Gasteiger partial charge in [0.1, 0.15) is 0 Å². The Labute approximate surface area is 82.5 Å². The van der Waals surface area contributed by atoms with Crippen molar-refractivity contribution in [1.82, 2.24) is 0 Å². The van der Waals surface area contributed by atoms with Crippen LogP contribution in [0.4, 0.5) is 0 Å². The highest BCUT2D eigenvalue weighted by atomic mass is 35.5. The maximum atomic E-state index is 5.80. The van der Waals surface area contributed by atoms with E-state index in [0.717, 1.165) is 23.7 Å². The second-order valence-corrected chi connectivity index (χ2v) is 4.89. The van der Waals surface area contributed by atoms with E-state index in [1.54, 1.807) is 11.3 Å². The average Bonchev–Trinajstić information content (AvgIpc) is 2.47. The van der Waals surface area contributed by atoms with Crippen LogP contribution in [-0.4, -0.2) is 6.54 Å². The summed E-state index contributed by atoms with van der Waals surface area (Å²) in [4.78, 5) is 1.36. The fraction of sp³-hybridized carbons (Fsp3) is 0.556. The number of halogens is 1. The van der Waals surface area contributed by atoms with Crippen LogP contribution in [-0.2, 0) is 6.42 Å². The van der Waals surface area contributed by atoms with Crippen LogP contribution in [0.1, 0.15) is 18.2 Å². The van der Waals surface area contributed by atoms with E-state index in [1.807, 2.05) is 6.07 Å². The van der Waals surface area contributed by atoms with E-state index in [-0.39, 0.29) is 0 Å². The molecule has 0 saturated heterocycles. The van der Waals surface area contributed by atoms with Crippen molar-refractivity contribution < 1.29 is 0 Å². The fourth-order valence-corrected chi connectivity index (χ4v) is 2.10. The van der Waals surface area contributed by atoms with E-state index in [4.69, 9.17) is 17.3 Å². The van der Waals surface area contributed by atoms with Crippen LogP contribution in [0.15, 0.2) is 12.1 Å². The molecule has 0 aliphatic carbocycles. The molecule has 0 spiro atoms. The van der Waals surface area contributed by atoms with Gasteiger partial charge in [0.15, 0.2) is 0 Å². The summed E-state index contributed by atoms with van der Waals surface area (Å²) in [5, 5.41) is 0. The van der Waals surface area contributed by atoms with Crippen molar-refractivity contribution in [2.24, 2.45) is 11.7 Å². The Kier molecular flexibility index (Phi) is 4.06. The first kappa shape index (κ1) is 10.0. The smallest absolute Gasteiger partial charge is 0.0931 e. The van der Waals surface area contributed by atoms with Crippen LogP contribution in [0, 0.1) is 5.92 Å². The summed E-state index contributed by atoms with van der Waals surface area (Å²) in [7, 11) is 0. The lowest BCUT2D eigenvalue weighted by molar-refractivity contribution is 0.547. The van der Waals surface area contributed by atoms with Gasteiger partial charge in [0.25, 0.3) is 0 Å². The minimum atomic E-state index is 0.617. The van der Waals surface area contributed by atoms with Crippen LogP contribution >= 0.6 is 22.9 Å². The van der Waals surface area contributed by atoms with Crippen LogP contribution in [0.25, 0.3) is 0 Å². The molecule has 1 atom stereocenters. The molecule has 0 fully saturated rings. The van der Waals surface area contributed by atoms with Crippen molar-refractivity contribution in [3.05, 3.63) is 21.3 Å². The quantitative estimate of drug-likeness (QED) is 0.800. The predicted molar refractivity (Wildman–Crippen MR) is 55.9 cm³/mol. The lowest BCUT2D eigenvalue weighted by Gasteiger charge is -2.05. The number of nitrogens with two attached hydrogens (primary N) is 1. The Morgan fingerprint density at radius 3 is 2.83 bits per heavy atom. The van der Waals surface area contributed by atoms with E-state index in [2.05, 4.69) is 13.0 Å². The molecular formula is C9H14ClNS. The molecule has 0 amide bonds. The first-order valence-corrected chi connectivity index (χ1v) is 5.36. The van der Waals surface area contributed by atoms with Gasteiger partial charge in [-0.2, -0.15) is 0 Å². The SMILES string of the molecule is CC(CN)CCc1ccc(Cl)s1. The minimum absolute atomic E-state index is 0.617. The largest absolute Gasteiger partial charge is 0.330 e. The highest BCUT2D eigenvalue weighted by molar-refractivity contribution is 7.16. The molecule has 3 heteroatoms. The predicted octanol–water partition coefficient (Wildman–Crippen LogP) is 2.93. The summed E-state index contributed by atoms with van der Waals surface area (Å²) in [6, 6.07) is 4.05. The van der Waals surface area contributed by atoms with Crippen LogP contribution in [0.2, 0.25) is 4.34 Å². The summed E-state index contributed by atoms with van der Waals surface area (Å²) in [6.45, 7) is 2.95. The van der Waals surface area contributed by atoms with Gasteiger partial charge in [-0.25, -0.2) is 0 Å². The van der Waals surface area contributed by atoms with Gasteiger partial charge in [-0.15, -0.1) is 11.3 Å². The van der Waals surface area contributed by atoms with Crippen LogP contribution in [0.3, 0.4) is 0 Å². The number of rotatable bonds is 4. The minimum Gasteiger partial charge on any atom is -0.330 e. The standard InChI is InChI=1S/C9H14ClNS/c1-7(6-11)2-3-8-4-5-9(10)12-8/h4-5,7H,2-3,6,11H2,1H3. The van der Waals surface area contributed by atoms with Crippen LogP contribution in [0.5, 0.6) is 0 Å². The van der Waals surface area contributed by atoms with Crippen molar-refractivity contribution >= 4 is 22.9 Å². The summed E-state index contributed by atoms with van der Waals surface area (Å²) < 4.78 is 0.880. The molecule has 0 aromatic carbocycles. The van der Waals surface area contributed by atoms with Gasteiger partial charge in [-0.1, -0.05) is 18.5 Å². The van der Waals surface area contributed by atoms with Gasteiger partial charge < -0.3 is 5.73 Å². The highest BCUT2D eigenvalue weighted by Gasteiger charge is 2.01. The third-order valence-electron chi connectivity index (χ3n) is 1.91. The molecule has 0 bridgehead atoms. The van der Waals surface area contributed by atoms with E-state index >= 15 is 0 Å². The Balaban J connectivity index is 2.33.